The van der Waals surface area contributed by atoms with Crippen LogP contribution >= 0.6 is 15.9 Å². The Morgan fingerprint density at radius 3 is 2.90 bits per heavy atom. The SMILES string of the molecule is O=C(Nc1ccncc1Br)C1Cc2ccccc2CN1. The Kier molecular flexibility index (Phi) is 3.80. The van der Waals surface area contributed by atoms with Crippen LogP contribution in [0.1, 0.15) is 11.1 Å². The lowest BCUT2D eigenvalue weighted by Crippen LogP contribution is -2.44. The van der Waals surface area contributed by atoms with E-state index in [-0.39, 0.29) is 11.9 Å². The second-order valence-corrected chi connectivity index (χ2v) is 5.61. The molecule has 1 unspecified atom stereocenters. The van der Waals surface area contributed by atoms with Gasteiger partial charge in [-0.1, -0.05) is 24.3 Å². The standard InChI is InChI=1S/C15H14BrN3O/c16-12-9-17-6-5-13(12)19-15(20)14-7-10-3-1-2-4-11(10)8-18-14/h1-6,9,14,18H,7-8H2,(H,17,19,20). The van der Waals surface area contributed by atoms with Crippen LogP contribution in [0.5, 0.6) is 0 Å². The first-order chi connectivity index (χ1) is 9.74. The van der Waals surface area contributed by atoms with Gasteiger partial charge in [0, 0.05) is 18.9 Å². The molecule has 1 aliphatic rings. The maximum Gasteiger partial charge on any atom is 0.241 e. The van der Waals surface area contributed by atoms with Crippen molar-refractivity contribution in [3.8, 4) is 0 Å². The highest BCUT2D eigenvalue weighted by molar-refractivity contribution is 9.10. The molecule has 2 heterocycles. The number of halogens is 1. The van der Waals surface area contributed by atoms with Crippen LogP contribution in [-0.4, -0.2) is 16.9 Å². The average Bonchev–Trinajstić information content (AvgIpc) is 2.49. The molecule has 3 rings (SSSR count). The number of nitrogens with zero attached hydrogens (tertiary/aromatic N) is 1. The van der Waals surface area contributed by atoms with Crippen molar-refractivity contribution in [2.45, 2.75) is 19.0 Å². The number of carbonyl (C=O) groups is 1. The lowest BCUT2D eigenvalue weighted by atomic mass is 9.95. The van der Waals surface area contributed by atoms with Crippen molar-refractivity contribution < 1.29 is 4.79 Å². The van der Waals surface area contributed by atoms with Crippen LogP contribution in [0, 0.1) is 0 Å². The minimum absolute atomic E-state index is 0.0218. The lowest BCUT2D eigenvalue weighted by Gasteiger charge is -2.25. The molecule has 20 heavy (non-hydrogen) atoms. The normalized spacial score (nSPS) is 17.4. The Morgan fingerprint density at radius 2 is 2.10 bits per heavy atom. The predicted molar refractivity (Wildman–Crippen MR) is 81.3 cm³/mol. The number of fused-ring (bicyclic) bond motifs is 1. The van der Waals surface area contributed by atoms with Gasteiger partial charge in [-0.05, 0) is 39.5 Å². The Morgan fingerprint density at radius 1 is 1.30 bits per heavy atom. The molecule has 0 aliphatic carbocycles. The van der Waals surface area contributed by atoms with E-state index >= 15 is 0 Å². The molecule has 1 amide bonds. The highest BCUT2D eigenvalue weighted by atomic mass is 79.9. The largest absolute Gasteiger partial charge is 0.324 e. The molecular weight excluding hydrogens is 318 g/mol. The van der Waals surface area contributed by atoms with Crippen LogP contribution in [-0.2, 0) is 17.8 Å². The van der Waals surface area contributed by atoms with Gasteiger partial charge in [-0.3, -0.25) is 9.78 Å². The van der Waals surface area contributed by atoms with Gasteiger partial charge in [-0.25, -0.2) is 0 Å². The van der Waals surface area contributed by atoms with Crippen molar-refractivity contribution in [3.05, 3.63) is 58.3 Å². The number of aromatic nitrogens is 1. The van der Waals surface area contributed by atoms with E-state index in [2.05, 4.69) is 43.7 Å². The maximum atomic E-state index is 12.3. The summed E-state index contributed by atoms with van der Waals surface area (Å²) >= 11 is 3.38. The van der Waals surface area contributed by atoms with E-state index in [1.165, 1.54) is 11.1 Å². The number of hydrogen-bond acceptors (Lipinski definition) is 3. The van der Waals surface area contributed by atoms with Gasteiger partial charge >= 0.3 is 0 Å². The maximum absolute atomic E-state index is 12.3. The van der Waals surface area contributed by atoms with E-state index < -0.39 is 0 Å². The number of rotatable bonds is 2. The monoisotopic (exact) mass is 331 g/mol. The third kappa shape index (κ3) is 2.73. The second kappa shape index (κ2) is 5.73. The van der Waals surface area contributed by atoms with Crippen molar-refractivity contribution in [3.63, 3.8) is 0 Å². The van der Waals surface area contributed by atoms with E-state index in [9.17, 15) is 4.79 Å². The number of anilines is 1. The number of pyridine rings is 1. The molecule has 0 saturated carbocycles. The second-order valence-electron chi connectivity index (χ2n) is 4.75. The zero-order chi connectivity index (χ0) is 13.9. The molecule has 0 radical (unpaired) electrons. The lowest BCUT2D eigenvalue weighted by molar-refractivity contribution is -0.118. The number of nitrogens with one attached hydrogen (secondary N) is 2. The molecular formula is C15H14BrN3O. The van der Waals surface area contributed by atoms with Crippen molar-refractivity contribution in [1.29, 1.82) is 0 Å². The molecule has 0 saturated heterocycles. The van der Waals surface area contributed by atoms with Crippen molar-refractivity contribution in [2.75, 3.05) is 5.32 Å². The topological polar surface area (TPSA) is 54.0 Å². The number of amides is 1. The highest BCUT2D eigenvalue weighted by Gasteiger charge is 2.24. The summed E-state index contributed by atoms with van der Waals surface area (Å²) in [6, 6.07) is 9.78. The summed E-state index contributed by atoms with van der Waals surface area (Å²) in [5.41, 5.74) is 3.24. The molecule has 0 bridgehead atoms. The molecule has 1 aromatic heterocycles. The van der Waals surface area contributed by atoms with Crippen molar-refractivity contribution in [1.82, 2.24) is 10.3 Å². The fraction of sp³-hybridized carbons (Fsp3) is 0.200. The molecule has 0 spiro atoms. The Labute approximate surface area is 125 Å². The van der Waals surface area contributed by atoms with E-state index in [1.54, 1.807) is 18.5 Å². The van der Waals surface area contributed by atoms with Crippen LogP contribution in [0.2, 0.25) is 0 Å². The van der Waals surface area contributed by atoms with Gasteiger partial charge in [0.15, 0.2) is 0 Å². The fourth-order valence-electron chi connectivity index (χ4n) is 2.34. The molecule has 2 aromatic rings. The highest BCUT2D eigenvalue weighted by Crippen LogP contribution is 2.21. The van der Waals surface area contributed by atoms with E-state index in [0.29, 0.717) is 6.42 Å². The Balaban J connectivity index is 1.72. The molecule has 1 aromatic carbocycles. The fourth-order valence-corrected chi connectivity index (χ4v) is 2.69. The number of hydrogen-bond donors (Lipinski definition) is 2. The van der Waals surface area contributed by atoms with Gasteiger partial charge in [-0.15, -0.1) is 0 Å². The van der Waals surface area contributed by atoms with Crippen molar-refractivity contribution >= 4 is 27.5 Å². The van der Waals surface area contributed by atoms with E-state index in [1.807, 2.05) is 12.1 Å². The zero-order valence-electron chi connectivity index (χ0n) is 10.8. The Bertz CT molecular complexity index is 645. The molecule has 2 N–H and O–H groups in total. The molecule has 102 valence electrons. The van der Waals surface area contributed by atoms with Gasteiger partial charge in [0.2, 0.25) is 5.91 Å². The van der Waals surface area contributed by atoms with Gasteiger partial charge < -0.3 is 10.6 Å². The van der Waals surface area contributed by atoms with E-state index in [4.69, 9.17) is 0 Å². The number of benzene rings is 1. The van der Waals surface area contributed by atoms with Crippen molar-refractivity contribution in [2.24, 2.45) is 0 Å². The van der Waals surface area contributed by atoms with Gasteiger partial charge in [0.05, 0.1) is 16.2 Å². The molecule has 5 heteroatoms. The molecule has 0 fully saturated rings. The average molecular weight is 332 g/mol. The first-order valence-electron chi connectivity index (χ1n) is 6.44. The smallest absolute Gasteiger partial charge is 0.241 e. The predicted octanol–water partition coefficient (Wildman–Crippen LogP) is 2.50. The van der Waals surface area contributed by atoms with Gasteiger partial charge in [-0.2, -0.15) is 0 Å². The number of carbonyl (C=O) groups excluding carboxylic acids is 1. The summed E-state index contributed by atoms with van der Waals surface area (Å²) in [4.78, 5) is 16.3. The minimum Gasteiger partial charge on any atom is -0.324 e. The van der Waals surface area contributed by atoms with Crippen LogP contribution in [0.15, 0.2) is 47.2 Å². The van der Waals surface area contributed by atoms with Crippen LogP contribution < -0.4 is 10.6 Å². The minimum atomic E-state index is -0.204. The van der Waals surface area contributed by atoms with Crippen LogP contribution in [0.25, 0.3) is 0 Å². The summed E-state index contributed by atoms with van der Waals surface area (Å²) in [5.74, 6) is -0.0218. The van der Waals surface area contributed by atoms with Crippen LogP contribution in [0.3, 0.4) is 0 Å². The first-order valence-corrected chi connectivity index (χ1v) is 7.24. The summed E-state index contributed by atoms with van der Waals surface area (Å²) in [5, 5.41) is 6.19. The summed E-state index contributed by atoms with van der Waals surface area (Å²) < 4.78 is 0.782. The van der Waals surface area contributed by atoms with Gasteiger partial charge in [0.25, 0.3) is 0 Å². The molecule has 1 aliphatic heterocycles. The Hall–Kier alpha value is -1.72. The summed E-state index contributed by atoms with van der Waals surface area (Å²) in [6.45, 7) is 0.728. The van der Waals surface area contributed by atoms with Gasteiger partial charge in [0.1, 0.15) is 0 Å². The third-order valence-electron chi connectivity index (χ3n) is 3.43. The summed E-state index contributed by atoms with van der Waals surface area (Å²) in [7, 11) is 0. The molecule has 4 nitrogen and oxygen atoms in total. The van der Waals surface area contributed by atoms with Crippen LogP contribution in [0.4, 0.5) is 5.69 Å². The third-order valence-corrected chi connectivity index (χ3v) is 4.06. The molecule has 1 atom stereocenters. The van der Waals surface area contributed by atoms with E-state index in [0.717, 1.165) is 16.7 Å². The first kappa shape index (κ1) is 13.3. The summed E-state index contributed by atoms with van der Waals surface area (Å²) in [6.07, 6.45) is 4.04. The zero-order valence-corrected chi connectivity index (χ0v) is 12.4. The quantitative estimate of drug-likeness (QED) is 0.888.